The molecule has 1 aliphatic heterocycles. The summed E-state index contributed by atoms with van der Waals surface area (Å²) in [4.78, 5) is 21.8. The molecule has 1 aliphatic rings. The maximum Gasteiger partial charge on any atom is 0.309 e. The molecule has 9 nitrogen and oxygen atoms in total. The van der Waals surface area contributed by atoms with Crippen molar-refractivity contribution < 1.29 is 22.7 Å². The minimum absolute atomic E-state index is 0.115. The first kappa shape index (κ1) is 22.1. The van der Waals surface area contributed by atoms with Gasteiger partial charge in [0.1, 0.15) is 21.4 Å². The lowest BCUT2D eigenvalue weighted by Crippen LogP contribution is -2.38. The average Bonchev–Trinajstić information content (AvgIpc) is 2.73. The molecule has 3 rings (SSSR count). The van der Waals surface area contributed by atoms with Crippen molar-refractivity contribution in [3.05, 3.63) is 29.4 Å². The van der Waals surface area contributed by atoms with Gasteiger partial charge in [-0.15, -0.1) is 0 Å². The van der Waals surface area contributed by atoms with Gasteiger partial charge in [-0.25, -0.2) is 13.4 Å². The lowest BCUT2D eigenvalue weighted by Gasteiger charge is -2.30. The maximum atomic E-state index is 13.1. The van der Waals surface area contributed by atoms with Crippen LogP contribution in [0.3, 0.4) is 0 Å². The number of nitrogens with zero attached hydrogens (tertiary/aromatic N) is 3. The van der Waals surface area contributed by atoms with E-state index in [-0.39, 0.29) is 38.3 Å². The van der Waals surface area contributed by atoms with Crippen molar-refractivity contribution >= 4 is 39.2 Å². The van der Waals surface area contributed by atoms with Gasteiger partial charge in [0.15, 0.2) is 0 Å². The van der Waals surface area contributed by atoms with Crippen LogP contribution in [-0.4, -0.2) is 51.2 Å². The monoisotopic (exact) mass is 454 g/mol. The van der Waals surface area contributed by atoms with Crippen LogP contribution in [0.4, 0.5) is 11.8 Å². The quantitative estimate of drug-likeness (QED) is 0.654. The zero-order valence-electron chi connectivity index (χ0n) is 16.7. The Hall–Kier alpha value is -2.59. The first-order valence-corrected chi connectivity index (χ1v) is 11.3. The summed E-state index contributed by atoms with van der Waals surface area (Å²) in [6.45, 7) is 3.21. The molecule has 2 heterocycles. The van der Waals surface area contributed by atoms with Crippen molar-refractivity contribution in [3.63, 3.8) is 0 Å². The van der Waals surface area contributed by atoms with Crippen molar-refractivity contribution in [2.75, 3.05) is 37.4 Å². The Morgan fingerprint density at radius 1 is 1.30 bits per heavy atom. The van der Waals surface area contributed by atoms with E-state index in [1.807, 2.05) is 4.90 Å². The number of halogens is 1. The molecule has 1 aromatic carbocycles. The van der Waals surface area contributed by atoms with Gasteiger partial charge in [-0.1, -0.05) is 11.6 Å². The number of nitrogen functional groups attached to an aromatic ring is 1. The number of hydrogen-bond donors (Lipinski definition) is 1. The number of benzene rings is 1. The molecule has 0 radical (unpaired) electrons. The Labute approximate surface area is 180 Å². The molecule has 0 atom stereocenters. The summed E-state index contributed by atoms with van der Waals surface area (Å²) in [7, 11) is -2.68. The molecule has 0 amide bonds. The number of rotatable bonds is 6. The maximum absolute atomic E-state index is 13.1. The van der Waals surface area contributed by atoms with Crippen molar-refractivity contribution in [1.29, 1.82) is 0 Å². The number of methoxy groups -OCH3 is 1. The molecule has 1 saturated heterocycles. The number of aromatic nitrogens is 2. The van der Waals surface area contributed by atoms with Gasteiger partial charge in [0.2, 0.25) is 15.8 Å². The Bertz CT molecular complexity index is 1040. The first-order chi connectivity index (χ1) is 14.3. The molecular formula is C19H23ClN4O5S. The third kappa shape index (κ3) is 4.44. The first-order valence-electron chi connectivity index (χ1n) is 9.40. The van der Waals surface area contributed by atoms with Crippen LogP contribution in [-0.2, 0) is 19.4 Å². The largest absolute Gasteiger partial charge is 0.495 e. The molecule has 11 heteroatoms. The highest BCUT2D eigenvalue weighted by atomic mass is 35.5. The summed E-state index contributed by atoms with van der Waals surface area (Å²) in [6.07, 6.45) is 2.38. The molecule has 2 N–H and O–H groups in total. The fourth-order valence-corrected chi connectivity index (χ4v) is 4.97. The second kappa shape index (κ2) is 9.05. The Morgan fingerprint density at radius 3 is 2.60 bits per heavy atom. The van der Waals surface area contributed by atoms with Crippen molar-refractivity contribution in [3.8, 4) is 5.75 Å². The van der Waals surface area contributed by atoms with E-state index in [2.05, 4.69) is 9.97 Å². The van der Waals surface area contributed by atoms with Crippen LogP contribution in [0.5, 0.6) is 5.75 Å². The molecule has 1 fully saturated rings. The number of piperidine rings is 1. The van der Waals surface area contributed by atoms with Gasteiger partial charge < -0.3 is 20.1 Å². The highest BCUT2D eigenvalue weighted by molar-refractivity contribution is 7.91. The summed E-state index contributed by atoms with van der Waals surface area (Å²) >= 11 is 5.97. The van der Waals surface area contributed by atoms with E-state index >= 15 is 0 Å². The Kier molecular flexibility index (Phi) is 6.67. The molecule has 0 spiro atoms. The molecular weight excluding hydrogens is 432 g/mol. The topological polar surface area (TPSA) is 125 Å². The fraction of sp³-hybridized carbons (Fsp3) is 0.421. The number of sulfone groups is 1. The van der Waals surface area contributed by atoms with E-state index in [4.69, 9.17) is 26.8 Å². The van der Waals surface area contributed by atoms with Crippen molar-refractivity contribution in [2.45, 2.75) is 29.6 Å². The Morgan fingerprint density at radius 2 is 2.00 bits per heavy atom. The summed E-state index contributed by atoms with van der Waals surface area (Å²) in [5, 5.41) is 0.245. The molecule has 0 bridgehead atoms. The molecule has 162 valence electrons. The lowest BCUT2D eigenvalue weighted by molar-refractivity contribution is -0.148. The van der Waals surface area contributed by atoms with Gasteiger partial charge in [-0.3, -0.25) is 4.79 Å². The summed E-state index contributed by atoms with van der Waals surface area (Å²) in [5.41, 5.74) is 5.99. The van der Waals surface area contributed by atoms with E-state index in [1.54, 1.807) is 6.92 Å². The van der Waals surface area contributed by atoms with E-state index in [0.29, 0.717) is 38.5 Å². The standard InChI is InChI=1S/C19H23ClN4O5S/c1-3-29-18(25)12-6-8-24(9-7-12)19-22-11-16(17(21)23-19)30(26,27)15-10-13(20)4-5-14(15)28-2/h4-5,10-12H,3,6-9H2,1-2H3,(H2,21,22,23). The zero-order chi connectivity index (χ0) is 21.9. The number of carbonyl (C=O) groups excluding carboxylic acids is 1. The third-order valence-electron chi connectivity index (χ3n) is 4.87. The molecule has 0 unspecified atom stereocenters. The van der Waals surface area contributed by atoms with Crippen LogP contribution in [0.2, 0.25) is 5.02 Å². The number of esters is 1. The minimum atomic E-state index is -4.05. The predicted molar refractivity (Wildman–Crippen MR) is 111 cm³/mol. The Balaban J connectivity index is 1.83. The van der Waals surface area contributed by atoms with E-state index < -0.39 is 9.84 Å². The number of ether oxygens (including phenoxy) is 2. The van der Waals surface area contributed by atoms with E-state index in [1.165, 1.54) is 31.5 Å². The fourth-order valence-electron chi connectivity index (χ4n) is 3.29. The van der Waals surface area contributed by atoms with Crippen LogP contribution < -0.4 is 15.4 Å². The van der Waals surface area contributed by atoms with Crippen LogP contribution in [0.1, 0.15) is 19.8 Å². The van der Waals surface area contributed by atoms with Gasteiger partial charge >= 0.3 is 5.97 Å². The number of nitrogens with two attached hydrogens (primary N) is 1. The second-order valence-corrected chi connectivity index (χ2v) is 9.05. The van der Waals surface area contributed by atoms with Gasteiger partial charge in [-0.2, -0.15) is 4.98 Å². The lowest BCUT2D eigenvalue weighted by atomic mass is 9.97. The third-order valence-corrected chi connectivity index (χ3v) is 6.90. The zero-order valence-corrected chi connectivity index (χ0v) is 18.2. The van der Waals surface area contributed by atoms with Crippen molar-refractivity contribution in [2.24, 2.45) is 5.92 Å². The smallest absolute Gasteiger partial charge is 0.309 e. The van der Waals surface area contributed by atoms with E-state index in [9.17, 15) is 13.2 Å². The van der Waals surface area contributed by atoms with Gasteiger partial charge in [0.25, 0.3) is 0 Å². The average molecular weight is 455 g/mol. The SMILES string of the molecule is CCOC(=O)C1CCN(c2ncc(S(=O)(=O)c3cc(Cl)ccc3OC)c(N)n2)CC1. The van der Waals surface area contributed by atoms with Crippen LogP contribution in [0.15, 0.2) is 34.2 Å². The van der Waals surface area contributed by atoms with Gasteiger partial charge in [0, 0.05) is 18.1 Å². The molecule has 2 aromatic rings. The number of carbonyl (C=O) groups is 1. The van der Waals surface area contributed by atoms with Crippen LogP contribution in [0, 0.1) is 5.92 Å². The van der Waals surface area contributed by atoms with Gasteiger partial charge in [0.05, 0.1) is 25.8 Å². The molecule has 30 heavy (non-hydrogen) atoms. The predicted octanol–water partition coefficient (Wildman–Crippen LogP) is 2.33. The minimum Gasteiger partial charge on any atom is -0.495 e. The van der Waals surface area contributed by atoms with Crippen LogP contribution in [0.25, 0.3) is 0 Å². The van der Waals surface area contributed by atoms with Gasteiger partial charge in [-0.05, 0) is 38.0 Å². The molecule has 0 aliphatic carbocycles. The molecule has 1 aromatic heterocycles. The normalized spacial score (nSPS) is 15.1. The van der Waals surface area contributed by atoms with Crippen LogP contribution >= 0.6 is 11.6 Å². The molecule has 0 saturated carbocycles. The number of anilines is 2. The second-order valence-electron chi connectivity index (χ2n) is 6.73. The number of hydrogen-bond acceptors (Lipinski definition) is 9. The summed E-state index contributed by atoms with van der Waals surface area (Å²) in [6, 6.07) is 4.29. The highest BCUT2D eigenvalue weighted by Crippen LogP contribution is 2.34. The summed E-state index contributed by atoms with van der Waals surface area (Å²) in [5.74, 6) is -0.0757. The highest BCUT2D eigenvalue weighted by Gasteiger charge is 2.30. The summed E-state index contributed by atoms with van der Waals surface area (Å²) < 4.78 is 36.4. The van der Waals surface area contributed by atoms with Crippen molar-refractivity contribution in [1.82, 2.24) is 9.97 Å². The van der Waals surface area contributed by atoms with E-state index in [0.717, 1.165) is 0 Å².